The van der Waals surface area contributed by atoms with Crippen LogP contribution in [0.1, 0.15) is 31.0 Å². The Kier molecular flexibility index (Phi) is 2.05. The van der Waals surface area contributed by atoms with Crippen LogP contribution in [0.15, 0.2) is 0 Å². The highest BCUT2D eigenvalue weighted by atomic mass is 16.3. The summed E-state index contributed by atoms with van der Waals surface area (Å²) in [5.74, 6) is 1.70. The summed E-state index contributed by atoms with van der Waals surface area (Å²) in [5.41, 5.74) is 5.78. The normalized spacial score (nSPS) is 19.9. The smallest absolute Gasteiger partial charge is 0.152 e. The molecule has 0 amide bonds. The molecule has 2 atom stereocenters. The fourth-order valence-electron chi connectivity index (χ4n) is 1.64. The molecule has 0 aromatic carbocycles. The molecular weight excluding hydrogens is 168 g/mol. The number of nitrogens with two attached hydrogens (primary N) is 1. The SMILES string of the molecule is CC(O)C(N)c1nnc2n1CCC2. The van der Waals surface area contributed by atoms with Crippen LogP contribution in [0.4, 0.5) is 0 Å². The van der Waals surface area contributed by atoms with Crippen LogP contribution in [0.3, 0.4) is 0 Å². The number of hydrogen-bond acceptors (Lipinski definition) is 4. The van der Waals surface area contributed by atoms with Crippen LogP contribution in [0.5, 0.6) is 0 Å². The van der Waals surface area contributed by atoms with E-state index in [0.717, 1.165) is 25.2 Å². The molecule has 3 N–H and O–H groups in total. The van der Waals surface area contributed by atoms with Gasteiger partial charge in [0.2, 0.25) is 0 Å². The molecule has 1 aliphatic rings. The monoisotopic (exact) mass is 182 g/mol. The van der Waals surface area contributed by atoms with Crippen molar-refractivity contribution in [3.05, 3.63) is 11.6 Å². The number of hydrogen-bond donors (Lipinski definition) is 2. The van der Waals surface area contributed by atoms with E-state index in [9.17, 15) is 5.11 Å². The van der Waals surface area contributed by atoms with E-state index < -0.39 is 12.1 Å². The Morgan fingerprint density at radius 1 is 1.54 bits per heavy atom. The minimum atomic E-state index is -0.575. The number of aromatic nitrogens is 3. The number of aryl methyl sites for hydroxylation is 1. The fraction of sp³-hybridized carbons (Fsp3) is 0.750. The molecule has 13 heavy (non-hydrogen) atoms. The minimum Gasteiger partial charge on any atom is -0.391 e. The Bertz CT molecular complexity index is 307. The zero-order chi connectivity index (χ0) is 9.42. The van der Waals surface area contributed by atoms with E-state index in [4.69, 9.17) is 5.73 Å². The Labute approximate surface area is 76.6 Å². The van der Waals surface area contributed by atoms with Crippen LogP contribution in [-0.4, -0.2) is 26.0 Å². The minimum absolute atomic E-state index is 0.417. The third-order valence-corrected chi connectivity index (χ3v) is 2.46. The quantitative estimate of drug-likeness (QED) is 0.652. The lowest BCUT2D eigenvalue weighted by Crippen LogP contribution is -2.26. The maximum atomic E-state index is 9.32. The molecule has 0 saturated heterocycles. The Balaban J connectivity index is 2.30. The molecule has 0 spiro atoms. The van der Waals surface area contributed by atoms with Gasteiger partial charge < -0.3 is 15.4 Å². The van der Waals surface area contributed by atoms with Crippen LogP contribution in [-0.2, 0) is 13.0 Å². The van der Waals surface area contributed by atoms with Gasteiger partial charge in [-0.1, -0.05) is 0 Å². The molecule has 2 unspecified atom stereocenters. The highest BCUT2D eigenvalue weighted by Gasteiger charge is 2.23. The second-order valence-electron chi connectivity index (χ2n) is 3.50. The van der Waals surface area contributed by atoms with Crippen molar-refractivity contribution in [3.8, 4) is 0 Å². The summed E-state index contributed by atoms with van der Waals surface area (Å²) in [5, 5.41) is 17.3. The van der Waals surface area contributed by atoms with Gasteiger partial charge in [-0.2, -0.15) is 0 Å². The number of aliphatic hydroxyl groups is 1. The van der Waals surface area contributed by atoms with Gasteiger partial charge in [0, 0.05) is 13.0 Å². The molecule has 2 heterocycles. The predicted molar refractivity (Wildman–Crippen MR) is 47.0 cm³/mol. The highest BCUT2D eigenvalue weighted by molar-refractivity contribution is 5.05. The summed E-state index contributed by atoms with van der Waals surface area (Å²) in [6, 6.07) is -0.417. The summed E-state index contributed by atoms with van der Waals surface area (Å²) < 4.78 is 2.01. The lowest BCUT2D eigenvalue weighted by Gasteiger charge is -2.13. The molecule has 0 aliphatic carbocycles. The largest absolute Gasteiger partial charge is 0.391 e. The van der Waals surface area contributed by atoms with Crippen LogP contribution < -0.4 is 5.73 Å². The molecule has 0 bridgehead atoms. The summed E-state index contributed by atoms with van der Waals surface area (Å²) in [7, 11) is 0. The van der Waals surface area contributed by atoms with Gasteiger partial charge in [-0.15, -0.1) is 10.2 Å². The zero-order valence-electron chi connectivity index (χ0n) is 7.64. The van der Waals surface area contributed by atoms with E-state index in [1.165, 1.54) is 0 Å². The van der Waals surface area contributed by atoms with Crippen molar-refractivity contribution >= 4 is 0 Å². The van der Waals surface area contributed by atoms with Crippen molar-refractivity contribution in [3.63, 3.8) is 0 Å². The lowest BCUT2D eigenvalue weighted by molar-refractivity contribution is 0.158. The summed E-state index contributed by atoms with van der Waals surface area (Å²) in [6.07, 6.45) is 1.50. The average molecular weight is 182 g/mol. The van der Waals surface area contributed by atoms with Gasteiger partial charge in [-0.25, -0.2) is 0 Å². The van der Waals surface area contributed by atoms with Gasteiger partial charge in [-0.05, 0) is 13.3 Å². The van der Waals surface area contributed by atoms with Gasteiger partial charge in [0.05, 0.1) is 12.1 Å². The molecular formula is C8H14N4O. The molecule has 0 fully saturated rings. The molecule has 2 rings (SSSR count). The van der Waals surface area contributed by atoms with Crippen molar-refractivity contribution in [2.75, 3.05) is 0 Å². The molecule has 5 heteroatoms. The first-order valence-electron chi connectivity index (χ1n) is 4.56. The predicted octanol–water partition coefficient (Wildman–Crippen LogP) is -0.395. The van der Waals surface area contributed by atoms with Gasteiger partial charge in [0.25, 0.3) is 0 Å². The standard InChI is InChI=1S/C8H14N4O/c1-5(13)7(9)8-11-10-6-3-2-4-12(6)8/h5,7,13H,2-4,9H2,1H3. The van der Waals surface area contributed by atoms with Crippen molar-refractivity contribution in [1.82, 2.24) is 14.8 Å². The van der Waals surface area contributed by atoms with E-state index >= 15 is 0 Å². The van der Waals surface area contributed by atoms with E-state index in [0.29, 0.717) is 5.82 Å². The van der Waals surface area contributed by atoms with Crippen LogP contribution >= 0.6 is 0 Å². The van der Waals surface area contributed by atoms with Crippen molar-refractivity contribution in [2.24, 2.45) is 5.73 Å². The van der Waals surface area contributed by atoms with Crippen molar-refractivity contribution in [1.29, 1.82) is 0 Å². The van der Waals surface area contributed by atoms with Gasteiger partial charge in [0.1, 0.15) is 5.82 Å². The van der Waals surface area contributed by atoms with Crippen molar-refractivity contribution < 1.29 is 5.11 Å². The third-order valence-electron chi connectivity index (χ3n) is 2.46. The molecule has 5 nitrogen and oxygen atoms in total. The fourth-order valence-corrected chi connectivity index (χ4v) is 1.64. The maximum Gasteiger partial charge on any atom is 0.152 e. The van der Waals surface area contributed by atoms with E-state index in [2.05, 4.69) is 10.2 Å². The average Bonchev–Trinajstić information content (AvgIpc) is 2.61. The van der Waals surface area contributed by atoms with E-state index in [1.807, 2.05) is 4.57 Å². The summed E-state index contributed by atoms with van der Waals surface area (Å²) >= 11 is 0. The first kappa shape index (κ1) is 8.65. The first-order chi connectivity index (χ1) is 6.20. The topological polar surface area (TPSA) is 77.0 Å². The number of fused-ring (bicyclic) bond motifs is 1. The maximum absolute atomic E-state index is 9.32. The third kappa shape index (κ3) is 1.34. The second-order valence-corrected chi connectivity index (χ2v) is 3.50. The lowest BCUT2D eigenvalue weighted by atomic mass is 10.2. The molecule has 0 saturated carbocycles. The van der Waals surface area contributed by atoms with Gasteiger partial charge in [0.15, 0.2) is 5.82 Å². The summed E-state index contributed by atoms with van der Waals surface area (Å²) in [6.45, 7) is 2.60. The number of aliphatic hydroxyl groups excluding tert-OH is 1. The first-order valence-corrected chi connectivity index (χ1v) is 4.56. The molecule has 1 aliphatic heterocycles. The highest BCUT2D eigenvalue weighted by Crippen LogP contribution is 2.19. The Morgan fingerprint density at radius 3 is 3.00 bits per heavy atom. The van der Waals surface area contributed by atoms with Crippen molar-refractivity contribution in [2.45, 2.75) is 38.5 Å². The van der Waals surface area contributed by atoms with Crippen LogP contribution in [0, 0.1) is 0 Å². The molecule has 72 valence electrons. The Hall–Kier alpha value is -0.940. The van der Waals surface area contributed by atoms with Crippen LogP contribution in [0.2, 0.25) is 0 Å². The zero-order valence-corrected chi connectivity index (χ0v) is 7.64. The molecule has 1 aromatic rings. The summed E-state index contributed by atoms with van der Waals surface area (Å²) in [4.78, 5) is 0. The molecule has 0 radical (unpaired) electrons. The second kappa shape index (κ2) is 3.08. The Morgan fingerprint density at radius 2 is 2.31 bits per heavy atom. The van der Waals surface area contributed by atoms with Crippen LogP contribution in [0.25, 0.3) is 0 Å². The van der Waals surface area contributed by atoms with E-state index in [-0.39, 0.29) is 0 Å². The molecule has 1 aromatic heterocycles. The number of rotatable bonds is 2. The van der Waals surface area contributed by atoms with Gasteiger partial charge in [-0.3, -0.25) is 0 Å². The number of nitrogens with zero attached hydrogens (tertiary/aromatic N) is 3. The van der Waals surface area contributed by atoms with Gasteiger partial charge >= 0.3 is 0 Å². The van der Waals surface area contributed by atoms with E-state index in [1.54, 1.807) is 6.92 Å².